The van der Waals surface area contributed by atoms with E-state index in [9.17, 15) is 18.3 Å². The number of carbonyl (C=O) groups excluding carboxylic acids is 1. The number of halogens is 2. The predicted octanol–water partition coefficient (Wildman–Crippen LogP) is 0.366. The molecule has 0 amide bonds. The van der Waals surface area contributed by atoms with Gasteiger partial charge in [0.05, 0.1) is 15.7 Å². The Kier molecular flexibility index (Phi) is 4.61. The summed E-state index contributed by atoms with van der Waals surface area (Å²) in [6.45, 7) is 0.663. The number of hydrogen-bond donors (Lipinski definition) is 1. The molecule has 0 fully saturated rings. The first kappa shape index (κ1) is 15.2. The van der Waals surface area contributed by atoms with Gasteiger partial charge in [0.25, 0.3) is 0 Å². The van der Waals surface area contributed by atoms with Crippen molar-refractivity contribution in [1.29, 1.82) is 0 Å². The van der Waals surface area contributed by atoms with E-state index in [1.807, 2.05) is 0 Å². The lowest BCUT2D eigenvalue weighted by Gasteiger charge is -2.23. The minimum Gasteiger partial charge on any atom is -0.548 e. The zero-order chi connectivity index (χ0) is 14.0. The minimum absolute atomic E-state index is 0.0299. The first-order chi connectivity index (χ1) is 8.15. The summed E-state index contributed by atoms with van der Waals surface area (Å²) in [7, 11) is -3.83. The van der Waals surface area contributed by atoms with Crippen LogP contribution in [0.3, 0.4) is 0 Å². The molecule has 8 heteroatoms. The first-order valence-electron chi connectivity index (χ1n) is 4.81. The number of nitrogens with one attached hydrogen (secondary N) is 1. The van der Waals surface area contributed by atoms with E-state index in [-0.39, 0.29) is 4.90 Å². The molecule has 5 nitrogen and oxygen atoms in total. The van der Waals surface area contributed by atoms with Gasteiger partial charge in [-0.25, -0.2) is 13.1 Å². The summed E-state index contributed by atoms with van der Waals surface area (Å²) >= 11 is 11.2. The van der Waals surface area contributed by atoms with E-state index < -0.39 is 27.4 Å². The quantitative estimate of drug-likeness (QED) is 0.796. The lowest BCUT2D eigenvalue weighted by molar-refractivity contribution is -0.308. The van der Waals surface area contributed by atoms with Gasteiger partial charge in [-0.2, -0.15) is 0 Å². The van der Waals surface area contributed by atoms with Crippen molar-refractivity contribution >= 4 is 39.2 Å². The van der Waals surface area contributed by atoms with Gasteiger partial charge >= 0.3 is 0 Å². The van der Waals surface area contributed by atoms with Crippen LogP contribution in [-0.4, -0.2) is 25.8 Å². The number of aliphatic carboxylic acids is 1. The monoisotopic (exact) mass is 310 g/mol. The standard InChI is InChI=1S/C10H11Cl2NO4S/c1-10(12,9(14)15)6-13-18(16,17)8-4-2-7(11)3-5-8/h2-5,13H,6H2,1H3,(H,14,15)/p-1/t10-/m0/s1. The van der Waals surface area contributed by atoms with E-state index in [4.69, 9.17) is 23.2 Å². The molecule has 0 unspecified atom stereocenters. The van der Waals surface area contributed by atoms with Crippen molar-refractivity contribution in [1.82, 2.24) is 4.72 Å². The fourth-order valence-corrected chi connectivity index (χ4v) is 2.41. The fraction of sp³-hybridized carbons (Fsp3) is 0.300. The van der Waals surface area contributed by atoms with Crippen molar-refractivity contribution in [2.24, 2.45) is 0 Å². The maximum Gasteiger partial charge on any atom is 0.240 e. The van der Waals surface area contributed by atoms with Crippen LogP contribution in [0.4, 0.5) is 0 Å². The zero-order valence-electron chi connectivity index (χ0n) is 9.31. The molecule has 1 rings (SSSR count). The van der Waals surface area contributed by atoms with E-state index in [2.05, 4.69) is 4.72 Å². The molecule has 0 heterocycles. The fourth-order valence-electron chi connectivity index (χ4n) is 1.000. The number of sulfonamides is 1. The molecule has 0 aliphatic heterocycles. The van der Waals surface area contributed by atoms with Gasteiger partial charge in [-0.1, -0.05) is 11.6 Å². The molecule has 0 spiro atoms. The normalized spacial score (nSPS) is 15.1. The van der Waals surface area contributed by atoms with Crippen molar-refractivity contribution < 1.29 is 18.3 Å². The van der Waals surface area contributed by atoms with E-state index in [1.165, 1.54) is 24.3 Å². The third kappa shape index (κ3) is 3.84. The Morgan fingerprint density at radius 1 is 1.39 bits per heavy atom. The van der Waals surface area contributed by atoms with Crippen LogP contribution < -0.4 is 9.83 Å². The summed E-state index contributed by atoms with van der Waals surface area (Å²) in [4.78, 5) is 8.79. The second-order valence-corrected chi connectivity index (χ2v) is 6.80. The van der Waals surface area contributed by atoms with E-state index >= 15 is 0 Å². The summed E-state index contributed by atoms with van der Waals surface area (Å²) in [6.07, 6.45) is 0. The zero-order valence-corrected chi connectivity index (χ0v) is 11.6. The molecule has 1 atom stereocenters. The number of carbonyl (C=O) groups is 1. The largest absolute Gasteiger partial charge is 0.548 e. The highest BCUT2D eigenvalue weighted by molar-refractivity contribution is 7.89. The van der Waals surface area contributed by atoms with Crippen molar-refractivity contribution in [2.45, 2.75) is 16.7 Å². The predicted molar refractivity (Wildman–Crippen MR) is 65.9 cm³/mol. The smallest absolute Gasteiger partial charge is 0.240 e. The molecule has 0 aromatic heterocycles. The van der Waals surface area contributed by atoms with Gasteiger partial charge in [0.15, 0.2) is 0 Å². The second-order valence-electron chi connectivity index (χ2n) is 3.76. The molecule has 1 aromatic rings. The second kappa shape index (κ2) is 5.44. The van der Waals surface area contributed by atoms with Gasteiger partial charge in [-0.15, -0.1) is 11.6 Å². The Bertz CT molecular complexity index is 540. The molecule has 0 aliphatic carbocycles. The molecule has 0 aliphatic rings. The Balaban J connectivity index is 2.84. The Morgan fingerprint density at radius 2 is 1.89 bits per heavy atom. The van der Waals surface area contributed by atoms with Crippen LogP contribution in [0.25, 0.3) is 0 Å². The number of alkyl halides is 1. The average Bonchev–Trinajstić information content (AvgIpc) is 2.27. The van der Waals surface area contributed by atoms with Crippen LogP contribution in [0.2, 0.25) is 5.02 Å². The number of hydrogen-bond acceptors (Lipinski definition) is 4. The highest BCUT2D eigenvalue weighted by Gasteiger charge is 2.25. The average molecular weight is 311 g/mol. The Hall–Kier alpha value is -0.820. The molecule has 0 radical (unpaired) electrons. The van der Waals surface area contributed by atoms with Crippen LogP contribution >= 0.6 is 23.2 Å². The van der Waals surface area contributed by atoms with Crippen LogP contribution in [-0.2, 0) is 14.8 Å². The highest BCUT2D eigenvalue weighted by atomic mass is 35.5. The summed E-state index contributed by atoms with van der Waals surface area (Å²) in [5.74, 6) is -1.55. The van der Waals surface area contributed by atoms with Crippen LogP contribution in [0.5, 0.6) is 0 Å². The highest BCUT2D eigenvalue weighted by Crippen LogP contribution is 2.16. The molecule has 18 heavy (non-hydrogen) atoms. The lowest BCUT2D eigenvalue weighted by Crippen LogP contribution is -2.49. The topological polar surface area (TPSA) is 86.3 Å². The van der Waals surface area contributed by atoms with E-state index in [1.54, 1.807) is 0 Å². The van der Waals surface area contributed by atoms with Crippen LogP contribution in [0.15, 0.2) is 29.2 Å². The number of carboxylic acids is 1. The maximum atomic E-state index is 11.8. The Morgan fingerprint density at radius 3 is 2.33 bits per heavy atom. The molecular formula is C10H10Cl2NO4S-. The third-order valence-corrected chi connectivity index (χ3v) is 4.10. The summed E-state index contributed by atoms with van der Waals surface area (Å²) in [6, 6.07) is 5.42. The minimum atomic E-state index is -3.83. The molecule has 100 valence electrons. The summed E-state index contributed by atoms with van der Waals surface area (Å²) in [5, 5.41) is 11.0. The van der Waals surface area contributed by atoms with Crippen molar-refractivity contribution in [2.75, 3.05) is 6.54 Å². The summed E-state index contributed by atoms with van der Waals surface area (Å²) in [5.41, 5.74) is 0. The molecule has 0 saturated heterocycles. The number of rotatable bonds is 5. The molecule has 1 N–H and O–H groups in total. The van der Waals surface area contributed by atoms with Gasteiger partial charge in [-0.05, 0) is 31.2 Å². The number of benzene rings is 1. The Labute approximate surface area is 115 Å². The molecular weight excluding hydrogens is 301 g/mol. The molecule has 0 saturated carbocycles. The first-order valence-corrected chi connectivity index (χ1v) is 7.05. The van der Waals surface area contributed by atoms with Crippen LogP contribution in [0, 0.1) is 0 Å². The van der Waals surface area contributed by atoms with Crippen molar-refractivity contribution in [3.05, 3.63) is 29.3 Å². The van der Waals surface area contributed by atoms with E-state index in [0.717, 1.165) is 6.92 Å². The molecule has 1 aromatic carbocycles. The van der Waals surface area contributed by atoms with Crippen LogP contribution in [0.1, 0.15) is 6.92 Å². The van der Waals surface area contributed by atoms with Gasteiger partial charge in [0.2, 0.25) is 10.0 Å². The van der Waals surface area contributed by atoms with Gasteiger partial charge < -0.3 is 9.90 Å². The van der Waals surface area contributed by atoms with Crippen molar-refractivity contribution in [3.8, 4) is 0 Å². The summed E-state index contributed by atoms with van der Waals surface area (Å²) < 4.78 is 25.7. The van der Waals surface area contributed by atoms with Gasteiger partial charge in [0, 0.05) is 11.6 Å². The van der Waals surface area contributed by atoms with Gasteiger partial charge in [0.1, 0.15) is 0 Å². The SMILES string of the molecule is C[C@](Cl)(CNS(=O)(=O)c1ccc(Cl)cc1)C(=O)[O-]. The number of carboxylic acid groups (broad SMARTS) is 1. The molecule has 0 bridgehead atoms. The third-order valence-electron chi connectivity index (χ3n) is 2.14. The van der Waals surface area contributed by atoms with E-state index in [0.29, 0.717) is 5.02 Å². The maximum absolute atomic E-state index is 11.8. The van der Waals surface area contributed by atoms with Gasteiger partial charge in [-0.3, -0.25) is 0 Å². The van der Waals surface area contributed by atoms with Crippen molar-refractivity contribution in [3.63, 3.8) is 0 Å². The lowest BCUT2D eigenvalue weighted by atomic mass is 10.2.